The summed E-state index contributed by atoms with van der Waals surface area (Å²) < 4.78 is 0. The second-order valence-corrected chi connectivity index (χ2v) is 7.00. The maximum atomic E-state index is 11.8. The molecule has 148 valence electrons. The molecule has 2 atom stereocenters. The van der Waals surface area contributed by atoms with Gasteiger partial charge in [0.2, 0.25) is 0 Å². The van der Waals surface area contributed by atoms with E-state index in [1.807, 2.05) is 0 Å². The predicted molar refractivity (Wildman–Crippen MR) is 107 cm³/mol. The Morgan fingerprint density at radius 1 is 1.14 bits per heavy atom. The second kappa shape index (κ2) is 8.22. The first kappa shape index (κ1) is 19.6. The monoisotopic (exact) mass is 383 g/mol. The fourth-order valence-electron chi connectivity index (χ4n) is 3.42. The largest absolute Gasteiger partial charge is 0.379 e. The van der Waals surface area contributed by atoms with Crippen LogP contribution >= 0.6 is 0 Å². The maximum Gasteiger partial charge on any atom is 0.269 e. The molecule has 1 aliphatic carbocycles. The molecular formula is C19H25N7O2. The van der Waals surface area contributed by atoms with Gasteiger partial charge in [0.05, 0.1) is 28.8 Å². The molecule has 0 aliphatic heterocycles. The van der Waals surface area contributed by atoms with Gasteiger partial charge in [-0.05, 0) is 38.0 Å². The van der Waals surface area contributed by atoms with Gasteiger partial charge in [-0.25, -0.2) is 9.97 Å². The van der Waals surface area contributed by atoms with Crippen molar-refractivity contribution in [2.45, 2.75) is 44.7 Å². The van der Waals surface area contributed by atoms with E-state index in [4.69, 9.17) is 17.2 Å². The van der Waals surface area contributed by atoms with Crippen LogP contribution in [0.3, 0.4) is 0 Å². The Morgan fingerprint density at radius 2 is 1.89 bits per heavy atom. The first-order valence-corrected chi connectivity index (χ1v) is 9.21. The molecule has 2 amide bonds. The smallest absolute Gasteiger partial charge is 0.269 e. The molecule has 8 N–H and O–H groups in total. The quantitative estimate of drug-likeness (QED) is 0.503. The Bertz CT molecular complexity index is 900. The van der Waals surface area contributed by atoms with E-state index in [2.05, 4.69) is 20.6 Å². The SMILES string of the molecule is Cc1nc(Nc2cc(N[C@@H]3CCCC[C@@H]3N)cnc2C(N)=O)ccc1C(N)=O. The molecule has 0 radical (unpaired) electrons. The first-order valence-electron chi connectivity index (χ1n) is 9.21. The number of nitrogens with two attached hydrogens (primary N) is 3. The van der Waals surface area contributed by atoms with Crippen LogP contribution in [0, 0.1) is 6.92 Å². The van der Waals surface area contributed by atoms with Gasteiger partial charge in [-0.2, -0.15) is 0 Å². The van der Waals surface area contributed by atoms with Gasteiger partial charge in [0.15, 0.2) is 5.69 Å². The number of pyridine rings is 2. The number of primary amides is 2. The van der Waals surface area contributed by atoms with Gasteiger partial charge >= 0.3 is 0 Å². The molecule has 9 heteroatoms. The number of amides is 2. The minimum atomic E-state index is -0.658. The summed E-state index contributed by atoms with van der Waals surface area (Å²) in [6, 6.07) is 5.17. The lowest BCUT2D eigenvalue weighted by Gasteiger charge is -2.30. The standard InChI is InChI=1S/C19H25N7O2/c1-10-12(18(21)27)6-7-16(24-10)26-15-8-11(9-23-17(15)19(22)28)25-14-5-3-2-4-13(14)20/h6-9,13-14,25H,2-5,20H2,1H3,(H2,21,27)(H2,22,28)(H,24,26)/t13-,14+/m0/s1. The van der Waals surface area contributed by atoms with Crippen LogP contribution in [0.25, 0.3) is 0 Å². The van der Waals surface area contributed by atoms with Crippen LogP contribution in [-0.4, -0.2) is 33.9 Å². The van der Waals surface area contributed by atoms with Gasteiger partial charge in [-0.1, -0.05) is 12.8 Å². The van der Waals surface area contributed by atoms with Crippen molar-refractivity contribution in [2.24, 2.45) is 17.2 Å². The van der Waals surface area contributed by atoms with Crippen molar-refractivity contribution in [3.05, 3.63) is 41.3 Å². The number of carbonyl (C=O) groups is 2. The Balaban J connectivity index is 1.86. The highest BCUT2D eigenvalue weighted by Crippen LogP contribution is 2.26. The summed E-state index contributed by atoms with van der Waals surface area (Å²) in [4.78, 5) is 31.6. The third kappa shape index (κ3) is 4.37. The Morgan fingerprint density at radius 3 is 2.54 bits per heavy atom. The molecule has 1 fully saturated rings. The van der Waals surface area contributed by atoms with Crippen LogP contribution in [0.1, 0.15) is 52.2 Å². The van der Waals surface area contributed by atoms with E-state index < -0.39 is 11.8 Å². The zero-order chi connectivity index (χ0) is 20.3. The van der Waals surface area contributed by atoms with Gasteiger partial charge < -0.3 is 27.8 Å². The Kier molecular flexibility index (Phi) is 5.74. The van der Waals surface area contributed by atoms with Gasteiger partial charge in [0, 0.05) is 12.1 Å². The Labute approximate surface area is 163 Å². The minimum absolute atomic E-state index is 0.0756. The van der Waals surface area contributed by atoms with Crippen LogP contribution in [0.5, 0.6) is 0 Å². The van der Waals surface area contributed by atoms with Crippen LogP contribution in [0.2, 0.25) is 0 Å². The zero-order valence-electron chi connectivity index (χ0n) is 15.7. The van der Waals surface area contributed by atoms with Crippen molar-refractivity contribution >= 4 is 29.0 Å². The van der Waals surface area contributed by atoms with Crippen molar-refractivity contribution in [3.8, 4) is 0 Å². The maximum absolute atomic E-state index is 11.8. The van der Waals surface area contributed by atoms with Crippen LogP contribution < -0.4 is 27.8 Å². The molecule has 0 saturated heterocycles. The summed E-state index contributed by atoms with van der Waals surface area (Å²) in [5.41, 5.74) is 19.0. The summed E-state index contributed by atoms with van der Waals surface area (Å²) >= 11 is 0. The average molecular weight is 383 g/mol. The van der Waals surface area contributed by atoms with E-state index in [1.165, 1.54) is 0 Å². The lowest BCUT2D eigenvalue weighted by molar-refractivity contribution is 0.0989. The predicted octanol–water partition coefficient (Wildman–Crippen LogP) is 1.41. The van der Waals surface area contributed by atoms with Crippen LogP contribution in [-0.2, 0) is 0 Å². The van der Waals surface area contributed by atoms with Crippen molar-refractivity contribution in [1.82, 2.24) is 9.97 Å². The highest BCUT2D eigenvalue weighted by molar-refractivity contribution is 5.98. The number of nitrogens with one attached hydrogen (secondary N) is 2. The number of nitrogens with zero attached hydrogens (tertiary/aromatic N) is 2. The molecule has 1 aliphatic rings. The second-order valence-electron chi connectivity index (χ2n) is 7.00. The number of anilines is 3. The lowest BCUT2D eigenvalue weighted by atomic mass is 9.91. The third-order valence-corrected chi connectivity index (χ3v) is 4.91. The molecule has 0 aromatic carbocycles. The van der Waals surface area contributed by atoms with Gasteiger partial charge in [-0.15, -0.1) is 0 Å². The summed E-state index contributed by atoms with van der Waals surface area (Å²) in [6.07, 6.45) is 5.79. The summed E-state index contributed by atoms with van der Waals surface area (Å²) in [7, 11) is 0. The van der Waals surface area contributed by atoms with E-state index in [-0.39, 0.29) is 17.8 Å². The number of hydrogen-bond donors (Lipinski definition) is 5. The lowest BCUT2D eigenvalue weighted by Crippen LogP contribution is -2.42. The van der Waals surface area contributed by atoms with E-state index >= 15 is 0 Å². The highest BCUT2D eigenvalue weighted by Gasteiger charge is 2.22. The molecule has 0 spiro atoms. The average Bonchev–Trinajstić information content (AvgIpc) is 2.63. The molecule has 2 aromatic rings. The molecule has 2 aromatic heterocycles. The normalized spacial score (nSPS) is 19.1. The topological polar surface area (TPSA) is 162 Å². The van der Waals surface area contributed by atoms with Crippen molar-refractivity contribution in [1.29, 1.82) is 0 Å². The summed E-state index contributed by atoms with van der Waals surface area (Å²) in [5, 5.41) is 6.45. The molecule has 1 saturated carbocycles. The summed E-state index contributed by atoms with van der Waals surface area (Å²) in [6.45, 7) is 1.68. The number of aromatic nitrogens is 2. The first-order chi connectivity index (χ1) is 13.3. The van der Waals surface area contributed by atoms with Crippen molar-refractivity contribution in [3.63, 3.8) is 0 Å². The minimum Gasteiger partial charge on any atom is -0.379 e. The number of carbonyl (C=O) groups excluding carboxylic acids is 2. The zero-order valence-corrected chi connectivity index (χ0v) is 15.7. The van der Waals surface area contributed by atoms with E-state index in [9.17, 15) is 9.59 Å². The fraction of sp³-hybridized carbons (Fsp3) is 0.368. The fourth-order valence-corrected chi connectivity index (χ4v) is 3.42. The Hall–Kier alpha value is -3.20. The molecule has 9 nitrogen and oxygen atoms in total. The van der Waals surface area contributed by atoms with Gasteiger partial charge in [0.25, 0.3) is 11.8 Å². The number of rotatable bonds is 6. The molecular weight excluding hydrogens is 358 g/mol. The molecule has 3 rings (SSSR count). The molecule has 0 unspecified atom stereocenters. The number of aryl methyl sites for hydroxylation is 1. The highest BCUT2D eigenvalue weighted by atomic mass is 16.1. The van der Waals surface area contributed by atoms with Gasteiger partial charge in [0.1, 0.15) is 5.82 Å². The van der Waals surface area contributed by atoms with E-state index in [1.54, 1.807) is 31.3 Å². The molecule has 28 heavy (non-hydrogen) atoms. The van der Waals surface area contributed by atoms with E-state index in [0.29, 0.717) is 22.8 Å². The van der Waals surface area contributed by atoms with Crippen LogP contribution in [0.15, 0.2) is 24.4 Å². The van der Waals surface area contributed by atoms with Crippen LogP contribution in [0.4, 0.5) is 17.2 Å². The van der Waals surface area contributed by atoms with E-state index in [0.717, 1.165) is 31.4 Å². The molecule has 0 bridgehead atoms. The van der Waals surface area contributed by atoms with Crippen molar-refractivity contribution < 1.29 is 9.59 Å². The van der Waals surface area contributed by atoms with Gasteiger partial charge in [-0.3, -0.25) is 9.59 Å². The third-order valence-electron chi connectivity index (χ3n) is 4.91. The van der Waals surface area contributed by atoms with Crippen molar-refractivity contribution in [2.75, 3.05) is 10.6 Å². The summed E-state index contributed by atoms with van der Waals surface area (Å²) in [5.74, 6) is -0.765. The molecule has 2 heterocycles. The number of hydrogen-bond acceptors (Lipinski definition) is 7.